The quantitative estimate of drug-likeness (QED) is 0.431. The van der Waals surface area contributed by atoms with E-state index in [-0.39, 0.29) is 12.4 Å². The minimum absolute atomic E-state index is 0. The molecule has 28 heavy (non-hydrogen) atoms. The number of aliphatic hydroxyl groups excluding tert-OH is 1. The van der Waals surface area contributed by atoms with Crippen molar-refractivity contribution >= 4 is 41.3 Å². The highest BCUT2D eigenvalue weighted by molar-refractivity contribution is 7.17. The molecule has 3 N–H and O–H groups in total. The number of aliphatic hydroxyl groups is 1. The molecule has 0 radical (unpaired) electrons. The molecule has 0 aliphatic rings. The molecule has 0 aliphatic heterocycles. The minimum Gasteiger partial charge on any atom is -0.477 e. The minimum atomic E-state index is -0.895. The first-order chi connectivity index (χ1) is 13.0. The third kappa shape index (κ3) is 6.06. The zero-order chi connectivity index (χ0) is 19.2. The van der Waals surface area contributed by atoms with Gasteiger partial charge in [-0.05, 0) is 53.9 Å². The molecule has 1 atom stereocenters. The normalized spacial score (nSPS) is 11.6. The number of thiophene rings is 1. The van der Waals surface area contributed by atoms with Crippen molar-refractivity contribution in [2.24, 2.45) is 0 Å². The van der Waals surface area contributed by atoms with Crippen molar-refractivity contribution in [2.75, 3.05) is 13.1 Å². The molecule has 0 aliphatic carbocycles. The van der Waals surface area contributed by atoms with Gasteiger partial charge in [0.15, 0.2) is 0 Å². The summed E-state index contributed by atoms with van der Waals surface area (Å²) >= 11 is 7.22. The predicted octanol–water partition coefficient (Wildman–Crippen LogP) is 5.05. The number of benzene rings is 2. The predicted molar refractivity (Wildman–Crippen MR) is 117 cm³/mol. The van der Waals surface area contributed by atoms with Gasteiger partial charge in [-0.2, -0.15) is 0 Å². The Morgan fingerprint density at radius 2 is 1.86 bits per heavy atom. The topological polar surface area (TPSA) is 69.6 Å². The highest BCUT2D eigenvalue weighted by atomic mass is 35.5. The molecular weight excluding hydrogens is 417 g/mol. The van der Waals surface area contributed by atoms with Gasteiger partial charge in [0.1, 0.15) is 4.88 Å². The number of aromatic carboxylic acids is 1. The summed E-state index contributed by atoms with van der Waals surface area (Å²) in [4.78, 5) is 12.3. The van der Waals surface area contributed by atoms with Gasteiger partial charge < -0.3 is 15.5 Å². The van der Waals surface area contributed by atoms with Crippen LogP contribution < -0.4 is 5.32 Å². The van der Waals surface area contributed by atoms with Gasteiger partial charge in [-0.3, -0.25) is 0 Å². The molecule has 0 saturated heterocycles. The van der Waals surface area contributed by atoms with Gasteiger partial charge in [0.25, 0.3) is 0 Å². The first kappa shape index (κ1) is 22.4. The first-order valence-corrected chi connectivity index (χ1v) is 9.79. The van der Waals surface area contributed by atoms with Crippen LogP contribution in [0.2, 0.25) is 5.02 Å². The van der Waals surface area contributed by atoms with Crippen molar-refractivity contribution in [1.82, 2.24) is 5.32 Å². The molecule has 3 aromatic rings. The van der Waals surface area contributed by atoms with Crippen LogP contribution in [0.3, 0.4) is 0 Å². The monoisotopic (exact) mass is 437 g/mol. The van der Waals surface area contributed by atoms with E-state index >= 15 is 0 Å². The van der Waals surface area contributed by atoms with E-state index in [0.29, 0.717) is 16.4 Å². The van der Waals surface area contributed by atoms with E-state index in [4.69, 9.17) is 16.7 Å². The summed E-state index contributed by atoms with van der Waals surface area (Å²) in [6, 6.07) is 18.8. The van der Waals surface area contributed by atoms with Crippen molar-refractivity contribution in [2.45, 2.75) is 12.5 Å². The summed E-state index contributed by atoms with van der Waals surface area (Å²) in [5, 5.41) is 23.1. The molecule has 1 aromatic heterocycles. The summed E-state index contributed by atoms with van der Waals surface area (Å²) in [6.45, 7) is 1.21. The fraction of sp³-hybridized carbons (Fsp3) is 0.190. The number of hydrogen-bond donors (Lipinski definition) is 3. The van der Waals surface area contributed by atoms with Crippen LogP contribution in [-0.4, -0.2) is 29.3 Å². The van der Waals surface area contributed by atoms with Gasteiger partial charge in [-0.25, -0.2) is 4.79 Å². The highest BCUT2D eigenvalue weighted by Crippen LogP contribution is 2.28. The zero-order valence-corrected chi connectivity index (χ0v) is 17.4. The van der Waals surface area contributed by atoms with Crippen LogP contribution in [-0.2, 0) is 6.42 Å². The molecule has 0 amide bonds. The van der Waals surface area contributed by atoms with Crippen LogP contribution >= 0.6 is 35.3 Å². The van der Waals surface area contributed by atoms with Crippen molar-refractivity contribution < 1.29 is 15.0 Å². The summed E-state index contributed by atoms with van der Waals surface area (Å²) in [6.07, 6.45) is 0.251. The maximum atomic E-state index is 11.0. The summed E-state index contributed by atoms with van der Waals surface area (Å²) in [5.74, 6) is -0.895. The van der Waals surface area contributed by atoms with Crippen molar-refractivity contribution in [3.63, 3.8) is 0 Å². The maximum absolute atomic E-state index is 11.0. The van der Waals surface area contributed by atoms with Crippen LogP contribution in [0.15, 0.2) is 60.7 Å². The fourth-order valence-corrected chi connectivity index (χ4v) is 3.80. The highest BCUT2D eigenvalue weighted by Gasteiger charge is 2.09. The van der Waals surface area contributed by atoms with E-state index in [1.165, 1.54) is 16.9 Å². The van der Waals surface area contributed by atoms with E-state index in [1.807, 2.05) is 42.5 Å². The van der Waals surface area contributed by atoms with Crippen LogP contribution in [0.25, 0.3) is 10.4 Å². The molecule has 0 spiro atoms. The average Bonchev–Trinajstić information content (AvgIpc) is 3.16. The second kappa shape index (κ2) is 10.6. The van der Waals surface area contributed by atoms with E-state index in [9.17, 15) is 9.90 Å². The number of nitrogens with one attached hydrogen (secondary N) is 1. The lowest BCUT2D eigenvalue weighted by atomic mass is 10.1. The smallest absolute Gasteiger partial charge is 0.345 e. The first-order valence-electron chi connectivity index (χ1n) is 8.59. The second-order valence-corrected chi connectivity index (χ2v) is 7.71. The maximum Gasteiger partial charge on any atom is 0.345 e. The van der Waals surface area contributed by atoms with E-state index in [0.717, 1.165) is 29.0 Å². The molecule has 2 aromatic carbocycles. The molecule has 3 rings (SSSR count). The lowest BCUT2D eigenvalue weighted by Crippen LogP contribution is -2.23. The molecule has 0 unspecified atom stereocenters. The standard InChI is InChI=1S/C21H20ClNO3S.ClH/c22-17-3-1-2-16(12-17)18(24)13-23-11-10-14-4-6-15(7-5-14)19-8-9-20(27-19)21(25)26;/h1-9,12,18,23-24H,10-11,13H2,(H,25,26);1H/t18-;/m0./s1. The van der Waals surface area contributed by atoms with E-state index < -0.39 is 12.1 Å². The van der Waals surface area contributed by atoms with Crippen LogP contribution in [0, 0.1) is 0 Å². The van der Waals surface area contributed by atoms with Gasteiger partial charge in [0.05, 0.1) is 6.10 Å². The molecule has 0 saturated carbocycles. The number of rotatable bonds is 8. The van der Waals surface area contributed by atoms with Crippen molar-refractivity contribution in [3.05, 3.63) is 81.7 Å². The Kier molecular flexibility index (Phi) is 8.48. The summed E-state index contributed by atoms with van der Waals surface area (Å²) in [7, 11) is 0. The third-order valence-electron chi connectivity index (χ3n) is 4.22. The Bertz CT molecular complexity index is 912. The average molecular weight is 438 g/mol. The Morgan fingerprint density at radius 1 is 1.11 bits per heavy atom. The number of carbonyl (C=O) groups is 1. The number of hydrogen-bond acceptors (Lipinski definition) is 4. The molecule has 7 heteroatoms. The molecule has 0 fully saturated rings. The fourth-order valence-electron chi connectivity index (χ4n) is 2.75. The Morgan fingerprint density at radius 3 is 2.50 bits per heavy atom. The van der Waals surface area contributed by atoms with E-state index in [1.54, 1.807) is 18.2 Å². The Hall–Kier alpha value is -1.89. The molecule has 148 valence electrons. The van der Waals surface area contributed by atoms with Gasteiger partial charge in [-0.15, -0.1) is 23.7 Å². The van der Waals surface area contributed by atoms with Crippen LogP contribution in [0.5, 0.6) is 0 Å². The van der Waals surface area contributed by atoms with Gasteiger partial charge >= 0.3 is 5.97 Å². The Balaban J connectivity index is 0.00000280. The SMILES string of the molecule is Cl.O=C(O)c1ccc(-c2ccc(CCNC[C@H](O)c3cccc(Cl)c3)cc2)s1. The van der Waals surface area contributed by atoms with Crippen molar-refractivity contribution in [1.29, 1.82) is 0 Å². The largest absolute Gasteiger partial charge is 0.477 e. The van der Waals surface area contributed by atoms with Crippen LogP contribution in [0.4, 0.5) is 0 Å². The zero-order valence-electron chi connectivity index (χ0n) is 15.0. The van der Waals surface area contributed by atoms with E-state index in [2.05, 4.69) is 5.32 Å². The molecule has 4 nitrogen and oxygen atoms in total. The molecular formula is C21H21Cl2NO3S. The van der Waals surface area contributed by atoms with Crippen molar-refractivity contribution in [3.8, 4) is 10.4 Å². The molecule has 0 bridgehead atoms. The third-order valence-corrected chi connectivity index (χ3v) is 5.57. The Labute approximate surface area is 179 Å². The second-order valence-electron chi connectivity index (χ2n) is 6.19. The van der Waals surface area contributed by atoms with Gasteiger partial charge in [0, 0.05) is 16.4 Å². The van der Waals surface area contributed by atoms with Crippen LogP contribution in [0.1, 0.15) is 26.9 Å². The summed E-state index contributed by atoms with van der Waals surface area (Å²) in [5.41, 5.74) is 3.00. The lowest BCUT2D eigenvalue weighted by molar-refractivity contribution is 0.0702. The number of carboxylic acid groups (broad SMARTS) is 1. The van der Waals surface area contributed by atoms with Gasteiger partial charge in [0.2, 0.25) is 0 Å². The molecule has 1 heterocycles. The number of carboxylic acids is 1. The van der Waals surface area contributed by atoms with Gasteiger partial charge in [-0.1, -0.05) is 48.0 Å². The lowest BCUT2D eigenvalue weighted by Gasteiger charge is -2.12. The summed E-state index contributed by atoms with van der Waals surface area (Å²) < 4.78 is 0. The number of halogens is 2.